The van der Waals surface area contributed by atoms with Crippen LogP contribution >= 0.6 is 0 Å². The van der Waals surface area contributed by atoms with Gasteiger partial charge in [0.05, 0.1) is 0 Å². The van der Waals surface area contributed by atoms with Gasteiger partial charge in [-0.25, -0.2) is 4.79 Å². The topological polar surface area (TPSA) is 62.5 Å². The molecule has 3 rings (SSSR count). The van der Waals surface area contributed by atoms with Crippen LogP contribution in [0.25, 0.3) is 11.0 Å². The Balaban J connectivity index is 1.87. The Hall–Kier alpha value is -2.43. The van der Waals surface area contributed by atoms with Gasteiger partial charge in [0.1, 0.15) is 5.58 Å². The Morgan fingerprint density at radius 2 is 1.92 bits per heavy atom. The van der Waals surface area contributed by atoms with Gasteiger partial charge in [-0.3, -0.25) is 0 Å². The molecule has 2 N–H and O–H groups in total. The second-order valence-corrected chi connectivity index (χ2v) is 5.95. The molecule has 1 heterocycles. The minimum atomic E-state index is -0.344. The van der Waals surface area contributed by atoms with E-state index in [-0.39, 0.29) is 18.3 Å². The Morgan fingerprint density at radius 3 is 2.67 bits per heavy atom. The molecule has 124 valence electrons. The molecule has 0 aliphatic carbocycles. The van der Waals surface area contributed by atoms with Crippen molar-refractivity contribution in [3.05, 3.63) is 81.7 Å². The minimum Gasteiger partial charge on any atom is -0.423 e. The molecule has 4 heteroatoms. The van der Waals surface area contributed by atoms with Gasteiger partial charge in [-0.2, -0.15) is 0 Å². The first-order valence-corrected chi connectivity index (χ1v) is 8.10. The van der Waals surface area contributed by atoms with E-state index in [1.807, 2.05) is 55.5 Å². The summed E-state index contributed by atoms with van der Waals surface area (Å²) in [6.45, 7) is 2.60. The molecule has 0 fully saturated rings. The zero-order valence-corrected chi connectivity index (χ0v) is 13.7. The summed E-state index contributed by atoms with van der Waals surface area (Å²) in [6, 6.07) is 17.4. The number of fused-ring (bicyclic) bond motifs is 1. The van der Waals surface area contributed by atoms with Crippen molar-refractivity contribution in [3.63, 3.8) is 0 Å². The highest BCUT2D eigenvalue weighted by Gasteiger charge is 2.12. The first-order chi connectivity index (χ1) is 11.7. The molecule has 0 radical (unpaired) electrons. The fourth-order valence-electron chi connectivity index (χ4n) is 2.92. The summed E-state index contributed by atoms with van der Waals surface area (Å²) >= 11 is 0. The number of benzene rings is 2. The number of hydrogen-bond acceptors (Lipinski definition) is 4. The standard InChI is InChI=1S/C20H21NO3/c1-14-7-8-17-16(12-20(23)24-19(17)11-14)13-21-18(9-10-22)15-5-3-2-4-6-15/h2-8,11-12,18,21-22H,9-10,13H2,1H3. The molecular formula is C20H21NO3. The average molecular weight is 323 g/mol. The Bertz CT molecular complexity index is 871. The third-order valence-corrected chi connectivity index (χ3v) is 4.14. The first kappa shape index (κ1) is 16.4. The average Bonchev–Trinajstić information content (AvgIpc) is 2.58. The van der Waals surface area contributed by atoms with Crippen molar-refractivity contribution in [1.29, 1.82) is 0 Å². The van der Waals surface area contributed by atoms with Gasteiger partial charge in [-0.05, 0) is 36.1 Å². The number of rotatable bonds is 6. The highest BCUT2D eigenvalue weighted by molar-refractivity contribution is 5.80. The molecule has 0 bridgehead atoms. The van der Waals surface area contributed by atoms with Crippen molar-refractivity contribution >= 4 is 11.0 Å². The lowest BCUT2D eigenvalue weighted by Gasteiger charge is -2.19. The van der Waals surface area contributed by atoms with Crippen LogP contribution in [0.15, 0.2) is 63.8 Å². The van der Waals surface area contributed by atoms with E-state index in [9.17, 15) is 9.90 Å². The summed E-state index contributed by atoms with van der Waals surface area (Å²) in [5, 5.41) is 13.7. The highest BCUT2D eigenvalue weighted by Crippen LogP contribution is 2.21. The smallest absolute Gasteiger partial charge is 0.336 e. The van der Waals surface area contributed by atoms with E-state index in [0.717, 1.165) is 22.1 Å². The summed E-state index contributed by atoms with van der Waals surface area (Å²) in [4.78, 5) is 11.8. The molecular weight excluding hydrogens is 302 g/mol. The minimum absolute atomic E-state index is 0.0314. The van der Waals surface area contributed by atoms with Crippen molar-refractivity contribution in [1.82, 2.24) is 5.32 Å². The van der Waals surface area contributed by atoms with Crippen LogP contribution in [0.5, 0.6) is 0 Å². The zero-order valence-electron chi connectivity index (χ0n) is 13.7. The first-order valence-electron chi connectivity index (χ1n) is 8.10. The third kappa shape index (κ3) is 3.72. The predicted molar refractivity (Wildman–Crippen MR) is 94.9 cm³/mol. The van der Waals surface area contributed by atoms with E-state index in [1.165, 1.54) is 6.07 Å². The van der Waals surface area contributed by atoms with Gasteiger partial charge < -0.3 is 14.8 Å². The molecule has 4 nitrogen and oxygen atoms in total. The highest BCUT2D eigenvalue weighted by atomic mass is 16.4. The van der Waals surface area contributed by atoms with Gasteiger partial charge in [0, 0.05) is 30.6 Å². The maximum Gasteiger partial charge on any atom is 0.336 e. The second-order valence-electron chi connectivity index (χ2n) is 5.95. The van der Waals surface area contributed by atoms with E-state index in [2.05, 4.69) is 5.32 Å². The van der Waals surface area contributed by atoms with E-state index in [1.54, 1.807) is 0 Å². The maximum atomic E-state index is 11.8. The van der Waals surface area contributed by atoms with Crippen molar-refractivity contribution < 1.29 is 9.52 Å². The van der Waals surface area contributed by atoms with E-state index < -0.39 is 0 Å². The number of nitrogens with one attached hydrogen (secondary N) is 1. The maximum absolute atomic E-state index is 11.8. The summed E-state index contributed by atoms with van der Waals surface area (Å²) in [7, 11) is 0. The van der Waals surface area contributed by atoms with E-state index >= 15 is 0 Å². The van der Waals surface area contributed by atoms with Crippen molar-refractivity contribution in [3.8, 4) is 0 Å². The third-order valence-electron chi connectivity index (χ3n) is 4.14. The number of aliphatic hydroxyl groups excluding tert-OH is 1. The van der Waals surface area contributed by atoms with Gasteiger partial charge in [0.25, 0.3) is 0 Å². The van der Waals surface area contributed by atoms with Gasteiger partial charge >= 0.3 is 5.63 Å². The van der Waals surface area contributed by atoms with Crippen LogP contribution in [0.3, 0.4) is 0 Å². The molecule has 3 aromatic rings. The van der Waals surface area contributed by atoms with Crippen molar-refractivity contribution in [2.24, 2.45) is 0 Å². The molecule has 1 unspecified atom stereocenters. The molecule has 24 heavy (non-hydrogen) atoms. The van der Waals surface area contributed by atoms with Crippen molar-refractivity contribution in [2.45, 2.75) is 25.9 Å². The number of hydrogen-bond donors (Lipinski definition) is 2. The van der Waals surface area contributed by atoms with E-state index in [4.69, 9.17) is 4.42 Å². The fourth-order valence-corrected chi connectivity index (χ4v) is 2.92. The number of aryl methyl sites for hydroxylation is 1. The molecule has 0 aliphatic heterocycles. The molecule has 1 aromatic heterocycles. The summed E-state index contributed by atoms with van der Waals surface area (Å²) in [6.07, 6.45) is 0.614. The van der Waals surface area contributed by atoms with Crippen LogP contribution in [0, 0.1) is 6.92 Å². The van der Waals surface area contributed by atoms with Crippen LogP contribution in [0.1, 0.15) is 29.2 Å². The SMILES string of the molecule is Cc1ccc2c(CNC(CCO)c3ccccc3)cc(=O)oc2c1. The Morgan fingerprint density at radius 1 is 1.12 bits per heavy atom. The van der Waals surface area contributed by atoms with Crippen LogP contribution in [0.2, 0.25) is 0 Å². The molecule has 0 saturated carbocycles. The van der Waals surface area contributed by atoms with Crippen LogP contribution in [-0.4, -0.2) is 11.7 Å². The monoisotopic (exact) mass is 323 g/mol. The lowest BCUT2D eigenvalue weighted by atomic mass is 10.0. The number of aliphatic hydroxyl groups is 1. The van der Waals surface area contributed by atoms with Gasteiger partial charge in [-0.1, -0.05) is 42.5 Å². The van der Waals surface area contributed by atoms with Gasteiger partial charge in [0.15, 0.2) is 0 Å². The lowest BCUT2D eigenvalue weighted by molar-refractivity contribution is 0.265. The normalized spacial score (nSPS) is 12.4. The van der Waals surface area contributed by atoms with E-state index in [0.29, 0.717) is 18.5 Å². The quantitative estimate of drug-likeness (QED) is 0.683. The Labute approximate surface area is 140 Å². The van der Waals surface area contributed by atoms with Crippen LogP contribution in [-0.2, 0) is 6.54 Å². The van der Waals surface area contributed by atoms with Gasteiger partial charge in [-0.15, -0.1) is 0 Å². The van der Waals surface area contributed by atoms with Gasteiger partial charge in [0.2, 0.25) is 0 Å². The second kappa shape index (κ2) is 7.43. The Kier molecular flexibility index (Phi) is 5.08. The molecule has 0 amide bonds. The predicted octanol–water partition coefficient (Wildman–Crippen LogP) is 3.31. The largest absolute Gasteiger partial charge is 0.423 e. The summed E-state index contributed by atoms with van der Waals surface area (Å²) in [5.41, 5.74) is 3.34. The zero-order chi connectivity index (χ0) is 16.9. The van der Waals surface area contributed by atoms with Crippen LogP contribution in [0.4, 0.5) is 0 Å². The molecule has 0 aliphatic rings. The van der Waals surface area contributed by atoms with Crippen LogP contribution < -0.4 is 10.9 Å². The molecule has 2 aromatic carbocycles. The fraction of sp³-hybridized carbons (Fsp3) is 0.250. The lowest BCUT2D eigenvalue weighted by Crippen LogP contribution is -2.22. The molecule has 1 atom stereocenters. The summed E-state index contributed by atoms with van der Waals surface area (Å²) < 4.78 is 5.30. The molecule has 0 spiro atoms. The molecule has 0 saturated heterocycles. The summed E-state index contributed by atoms with van der Waals surface area (Å²) in [5.74, 6) is 0. The van der Waals surface area contributed by atoms with Crippen molar-refractivity contribution in [2.75, 3.05) is 6.61 Å².